The summed E-state index contributed by atoms with van der Waals surface area (Å²) < 4.78 is 5.02. The lowest BCUT2D eigenvalue weighted by molar-refractivity contribution is 0.196. The lowest BCUT2D eigenvalue weighted by atomic mass is 10.4. The molecular weight excluding hydrogens is 204 g/mol. The molecule has 0 saturated carbocycles. The van der Waals surface area contributed by atoms with Crippen LogP contribution in [-0.2, 0) is 4.74 Å². The number of rotatable bonds is 7. The van der Waals surface area contributed by atoms with Crippen molar-refractivity contribution in [2.24, 2.45) is 0 Å². The summed E-state index contributed by atoms with van der Waals surface area (Å²) in [5.74, 6) is 1.70. The van der Waals surface area contributed by atoms with Crippen molar-refractivity contribution < 1.29 is 4.74 Å². The number of nitrogens with zero attached hydrogens (tertiary/aromatic N) is 3. The third-order valence-electron chi connectivity index (χ3n) is 2.21. The van der Waals surface area contributed by atoms with Crippen molar-refractivity contribution >= 4 is 11.6 Å². The van der Waals surface area contributed by atoms with Crippen molar-refractivity contribution in [3.63, 3.8) is 0 Å². The Morgan fingerprint density at radius 3 is 2.94 bits per heavy atom. The van der Waals surface area contributed by atoms with E-state index in [1.54, 1.807) is 19.5 Å². The summed E-state index contributed by atoms with van der Waals surface area (Å²) in [6, 6.07) is 0. The Labute approximate surface area is 96.8 Å². The summed E-state index contributed by atoms with van der Waals surface area (Å²) >= 11 is 0. The van der Waals surface area contributed by atoms with Crippen molar-refractivity contribution in [2.45, 2.75) is 13.3 Å². The molecular formula is C11H20N4O. The van der Waals surface area contributed by atoms with E-state index in [2.05, 4.69) is 20.2 Å². The van der Waals surface area contributed by atoms with Crippen LogP contribution in [0.25, 0.3) is 0 Å². The molecule has 0 atom stereocenters. The van der Waals surface area contributed by atoms with E-state index >= 15 is 0 Å². The van der Waals surface area contributed by atoms with Gasteiger partial charge in [0.25, 0.3) is 0 Å². The number of aromatic nitrogens is 2. The van der Waals surface area contributed by atoms with E-state index < -0.39 is 0 Å². The molecule has 1 heterocycles. The van der Waals surface area contributed by atoms with Gasteiger partial charge < -0.3 is 15.0 Å². The Balaban J connectivity index is 2.53. The maximum atomic E-state index is 5.02. The predicted octanol–water partition coefficient (Wildman–Crippen LogP) is 1.38. The molecule has 0 amide bonds. The fourth-order valence-corrected chi connectivity index (χ4v) is 1.37. The molecule has 1 rings (SSSR count). The van der Waals surface area contributed by atoms with Gasteiger partial charge in [-0.3, -0.25) is 4.98 Å². The average Bonchev–Trinajstić information content (AvgIpc) is 2.30. The lowest BCUT2D eigenvalue weighted by Gasteiger charge is -2.18. The van der Waals surface area contributed by atoms with Crippen molar-refractivity contribution in [3.05, 3.63) is 12.4 Å². The second-order valence-corrected chi connectivity index (χ2v) is 3.56. The third-order valence-corrected chi connectivity index (χ3v) is 2.21. The molecule has 5 heteroatoms. The van der Waals surface area contributed by atoms with E-state index in [4.69, 9.17) is 4.74 Å². The number of ether oxygens (including phenoxy) is 1. The van der Waals surface area contributed by atoms with E-state index in [0.717, 1.165) is 37.8 Å². The van der Waals surface area contributed by atoms with Crippen LogP contribution in [0.1, 0.15) is 13.3 Å². The molecule has 0 aliphatic heterocycles. The second kappa shape index (κ2) is 7.00. The Hall–Kier alpha value is -1.36. The van der Waals surface area contributed by atoms with Crippen LogP contribution in [-0.4, -0.2) is 43.8 Å². The number of hydrogen-bond donors (Lipinski definition) is 1. The highest BCUT2D eigenvalue weighted by Gasteiger charge is 2.03. The molecule has 1 aromatic rings. The van der Waals surface area contributed by atoms with Crippen LogP contribution in [0.5, 0.6) is 0 Å². The van der Waals surface area contributed by atoms with Crippen LogP contribution in [0.3, 0.4) is 0 Å². The van der Waals surface area contributed by atoms with Crippen LogP contribution in [0.4, 0.5) is 11.6 Å². The quantitative estimate of drug-likeness (QED) is 0.709. The molecule has 0 aliphatic carbocycles. The van der Waals surface area contributed by atoms with Gasteiger partial charge in [-0.1, -0.05) is 0 Å². The van der Waals surface area contributed by atoms with Gasteiger partial charge in [0, 0.05) is 33.9 Å². The fraction of sp³-hybridized carbons (Fsp3) is 0.636. The summed E-state index contributed by atoms with van der Waals surface area (Å²) in [6.07, 6.45) is 4.49. The van der Waals surface area contributed by atoms with Crippen LogP contribution in [0.15, 0.2) is 12.4 Å². The summed E-state index contributed by atoms with van der Waals surface area (Å²) in [5.41, 5.74) is 0. The minimum absolute atomic E-state index is 0.769. The van der Waals surface area contributed by atoms with Crippen LogP contribution in [0.2, 0.25) is 0 Å². The van der Waals surface area contributed by atoms with Crippen LogP contribution in [0, 0.1) is 0 Å². The van der Waals surface area contributed by atoms with Gasteiger partial charge in [0.2, 0.25) is 0 Å². The van der Waals surface area contributed by atoms with Crippen molar-refractivity contribution in [1.29, 1.82) is 0 Å². The molecule has 0 aliphatic rings. The third kappa shape index (κ3) is 4.02. The van der Waals surface area contributed by atoms with E-state index in [0.29, 0.717) is 0 Å². The lowest BCUT2D eigenvalue weighted by Crippen LogP contribution is -2.21. The fourth-order valence-electron chi connectivity index (χ4n) is 1.37. The summed E-state index contributed by atoms with van der Waals surface area (Å²) in [5, 5.41) is 3.15. The minimum Gasteiger partial charge on any atom is -0.385 e. The molecule has 1 aromatic heterocycles. The molecule has 0 unspecified atom stereocenters. The molecule has 0 bridgehead atoms. The second-order valence-electron chi connectivity index (χ2n) is 3.56. The molecule has 90 valence electrons. The SMILES string of the molecule is CCNc1cncc(N(C)CCCOC)n1. The molecule has 0 fully saturated rings. The van der Waals surface area contributed by atoms with E-state index in [-0.39, 0.29) is 0 Å². The highest BCUT2D eigenvalue weighted by Crippen LogP contribution is 2.10. The zero-order valence-electron chi connectivity index (χ0n) is 10.2. The van der Waals surface area contributed by atoms with Gasteiger partial charge in [-0.05, 0) is 13.3 Å². The Kier molecular flexibility index (Phi) is 5.56. The highest BCUT2D eigenvalue weighted by molar-refractivity contribution is 5.42. The summed E-state index contributed by atoms with van der Waals surface area (Å²) in [6.45, 7) is 4.57. The predicted molar refractivity (Wildman–Crippen MR) is 66.0 cm³/mol. The van der Waals surface area contributed by atoms with E-state index in [9.17, 15) is 0 Å². The standard InChI is InChI=1S/C11H20N4O/c1-4-13-10-8-12-9-11(14-10)15(2)6-5-7-16-3/h8-9H,4-7H2,1-3H3,(H,13,14). The number of hydrogen-bond acceptors (Lipinski definition) is 5. The maximum absolute atomic E-state index is 5.02. The largest absolute Gasteiger partial charge is 0.385 e. The Morgan fingerprint density at radius 1 is 1.44 bits per heavy atom. The average molecular weight is 224 g/mol. The van der Waals surface area contributed by atoms with Gasteiger partial charge in [-0.2, -0.15) is 0 Å². The first-order valence-corrected chi connectivity index (χ1v) is 5.54. The number of methoxy groups -OCH3 is 1. The zero-order valence-corrected chi connectivity index (χ0v) is 10.2. The van der Waals surface area contributed by atoms with E-state index in [1.165, 1.54) is 0 Å². The van der Waals surface area contributed by atoms with Crippen LogP contribution >= 0.6 is 0 Å². The van der Waals surface area contributed by atoms with Crippen molar-refractivity contribution in [2.75, 3.05) is 44.1 Å². The van der Waals surface area contributed by atoms with Crippen molar-refractivity contribution in [1.82, 2.24) is 9.97 Å². The molecule has 0 aromatic carbocycles. The first-order chi connectivity index (χ1) is 7.77. The van der Waals surface area contributed by atoms with Gasteiger partial charge in [-0.15, -0.1) is 0 Å². The first-order valence-electron chi connectivity index (χ1n) is 5.54. The molecule has 5 nitrogen and oxygen atoms in total. The minimum atomic E-state index is 0.769. The van der Waals surface area contributed by atoms with Gasteiger partial charge in [0.15, 0.2) is 0 Å². The van der Waals surface area contributed by atoms with Gasteiger partial charge >= 0.3 is 0 Å². The molecule has 0 radical (unpaired) electrons. The first kappa shape index (κ1) is 12.7. The zero-order chi connectivity index (χ0) is 11.8. The van der Waals surface area contributed by atoms with Gasteiger partial charge in [0.1, 0.15) is 11.6 Å². The molecule has 0 spiro atoms. The Morgan fingerprint density at radius 2 is 2.25 bits per heavy atom. The maximum Gasteiger partial charge on any atom is 0.149 e. The summed E-state index contributed by atoms with van der Waals surface area (Å²) in [4.78, 5) is 10.7. The molecule has 16 heavy (non-hydrogen) atoms. The molecule has 0 saturated heterocycles. The van der Waals surface area contributed by atoms with Crippen molar-refractivity contribution in [3.8, 4) is 0 Å². The highest BCUT2D eigenvalue weighted by atomic mass is 16.5. The topological polar surface area (TPSA) is 50.3 Å². The normalized spacial score (nSPS) is 10.2. The van der Waals surface area contributed by atoms with E-state index in [1.807, 2.05) is 14.0 Å². The van der Waals surface area contributed by atoms with Gasteiger partial charge in [-0.25, -0.2) is 4.98 Å². The monoisotopic (exact) mass is 224 g/mol. The van der Waals surface area contributed by atoms with Gasteiger partial charge in [0.05, 0.1) is 12.4 Å². The molecule has 1 N–H and O–H groups in total. The van der Waals surface area contributed by atoms with Crippen LogP contribution < -0.4 is 10.2 Å². The summed E-state index contributed by atoms with van der Waals surface area (Å²) in [7, 11) is 3.72. The smallest absolute Gasteiger partial charge is 0.149 e. The number of nitrogens with one attached hydrogen (secondary N) is 1. The number of anilines is 2. The Bertz CT molecular complexity index is 306.